The van der Waals surface area contributed by atoms with Crippen LogP contribution < -0.4 is 10.6 Å². The largest absolute Gasteiger partial charge is 0.382 e. The molecule has 1 atom stereocenters. The Labute approximate surface area is 135 Å². The van der Waals surface area contributed by atoms with Gasteiger partial charge in [-0.2, -0.15) is 0 Å². The standard InChI is InChI=1S/C16H34N4O2/c1-15-7-4-5-10-20(15)11-6-8-18-16(17-2)19-9-12-22-14-13-21-3/h15H,4-14H2,1-3H3,(H2,17,18,19). The van der Waals surface area contributed by atoms with Crippen molar-refractivity contribution in [2.45, 2.75) is 38.6 Å². The Morgan fingerprint density at radius 3 is 2.73 bits per heavy atom. The monoisotopic (exact) mass is 314 g/mol. The zero-order valence-electron chi connectivity index (χ0n) is 14.6. The summed E-state index contributed by atoms with van der Waals surface area (Å²) in [4.78, 5) is 6.82. The molecular weight excluding hydrogens is 280 g/mol. The maximum absolute atomic E-state index is 5.41. The molecule has 130 valence electrons. The molecule has 6 heteroatoms. The van der Waals surface area contributed by atoms with Gasteiger partial charge in [0.1, 0.15) is 0 Å². The number of ether oxygens (including phenoxy) is 2. The van der Waals surface area contributed by atoms with E-state index in [0.29, 0.717) is 19.8 Å². The second kappa shape index (κ2) is 12.7. The van der Waals surface area contributed by atoms with E-state index in [9.17, 15) is 0 Å². The Balaban J connectivity index is 2.01. The molecule has 0 bridgehead atoms. The lowest BCUT2D eigenvalue weighted by Crippen LogP contribution is -2.42. The zero-order valence-corrected chi connectivity index (χ0v) is 14.6. The molecule has 0 spiro atoms. The summed E-state index contributed by atoms with van der Waals surface area (Å²) in [5.74, 6) is 0.849. The molecule has 1 heterocycles. The molecule has 0 aliphatic carbocycles. The Morgan fingerprint density at radius 2 is 2.00 bits per heavy atom. The maximum Gasteiger partial charge on any atom is 0.191 e. The minimum absolute atomic E-state index is 0.637. The fraction of sp³-hybridized carbons (Fsp3) is 0.938. The van der Waals surface area contributed by atoms with Gasteiger partial charge in [0.2, 0.25) is 0 Å². The van der Waals surface area contributed by atoms with Crippen LogP contribution in [0, 0.1) is 0 Å². The summed E-state index contributed by atoms with van der Waals surface area (Å²) in [6.45, 7) is 8.42. The Morgan fingerprint density at radius 1 is 1.18 bits per heavy atom. The number of nitrogens with one attached hydrogen (secondary N) is 2. The van der Waals surface area contributed by atoms with Crippen molar-refractivity contribution in [3.05, 3.63) is 0 Å². The highest BCUT2D eigenvalue weighted by molar-refractivity contribution is 5.79. The number of nitrogens with zero attached hydrogens (tertiary/aromatic N) is 2. The van der Waals surface area contributed by atoms with Crippen LogP contribution in [0.25, 0.3) is 0 Å². The van der Waals surface area contributed by atoms with E-state index < -0.39 is 0 Å². The Bertz CT molecular complexity index is 300. The van der Waals surface area contributed by atoms with E-state index in [2.05, 4.69) is 27.4 Å². The van der Waals surface area contributed by atoms with E-state index >= 15 is 0 Å². The third-order valence-corrected chi connectivity index (χ3v) is 4.05. The molecular formula is C16H34N4O2. The third-order valence-electron chi connectivity index (χ3n) is 4.05. The minimum atomic E-state index is 0.637. The first-order chi connectivity index (χ1) is 10.8. The SMILES string of the molecule is CN=C(NCCCN1CCCCC1C)NCCOCCOC. The van der Waals surface area contributed by atoms with Crippen LogP contribution in [0.4, 0.5) is 0 Å². The van der Waals surface area contributed by atoms with Crippen molar-refractivity contribution in [1.82, 2.24) is 15.5 Å². The molecule has 0 radical (unpaired) electrons. The van der Waals surface area contributed by atoms with Gasteiger partial charge in [-0.15, -0.1) is 0 Å². The highest BCUT2D eigenvalue weighted by Gasteiger charge is 2.16. The van der Waals surface area contributed by atoms with Crippen molar-refractivity contribution >= 4 is 5.96 Å². The van der Waals surface area contributed by atoms with Crippen molar-refractivity contribution in [3.8, 4) is 0 Å². The van der Waals surface area contributed by atoms with Crippen molar-refractivity contribution in [3.63, 3.8) is 0 Å². The van der Waals surface area contributed by atoms with E-state index in [1.807, 2.05) is 0 Å². The second-order valence-electron chi connectivity index (χ2n) is 5.77. The van der Waals surface area contributed by atoms with Crippen molar-refractivity contribution < 1.29 is 9.47 Å². The summed E-state index contributed by atoms with van der Waals surface area (Å²) >= 11 is 0. The van der Waals surface area contributed by atoms with E-state index in [0.717, 1.165) is 31.5 Å². The number of piperidine rings is 1. The lowest BCUT2D eigenvalue weighted by Gasteiger charge is -2.33. The van der Waals surface area contributed by atoms with Gasteiger partial charge >= 0.3 is 0 Å². The van der Waals surface area contributed by atoms with Crippen LogP contribution in [0.15, 0.2) is 4.99 Å². The number of guanidine groups is 1. The molecule has 1 unspecified atom stereocenters. The molecule has 0 aromatic carbocycles. The summed E-state index contributed by atoms with van der Waals surface area (Å²) in [7, 11) is 3.48. The summed E-state index contributed by atoms with van der Waals surface area (Å²) in [6, 6.07) is 0.746. The predicted molar refractivity (Wildman–Crippen MR) is 91.6 cm³/mol. The van der Waals surface area contributed by atoms with Crippen LogP contribution in [0.2, 0.25) is 0 Å². The molecule has 22 heavy (non-hydrogen) atoms. The fourth-order valence-corrected chi connectivity index (χ4v) is 2.69. The Hall–Kier alpha value is -0.850. The smallest absolute Gasteiger partial charge is 0.191 e. The number of methoxy groups -OCH3 is 1. The molecule has 6 nitrogen and oxygen atoms in total. The van der Waals surface area contributed by atoms with Gasteiger partial charge in [0, 0.05) is 39.8 Å². The quantitative estimate of drug-likeness (QED) is 0.359. The minimum Gasteiger partial charge on any atom is -0.382 e. The van der Waals surface area contributed by atoms with E-state index in [1.54, 1.807) is 14.2 Å². The van der Waals surface area contributed by atoms with Crippen LogP contribution in [-0.2, 0) is 9.47 Å². The first-order valence-electron chi connectivity index (χ1n) is 8.53. The molecule has 1 fully saturated rings. The van der Waals surface area contributed by atoms with Crippen molar-refractivity contribution in [2.24, 2.45) is 4.99 Å². The first kappa shape index (κ1) is 19.2. The van der Waals surface area contributed by atoms with Gasteiger partial charge in [0.05, 0.1) is 19.8 Å². The van der Waals surface area contributed by atoms with Gasteiger partial charge in [-0.25, -0.2) is 0 Å². The lowest BCUT2D eigenvalue weighted by atomic mass is 10.0. The molecule has 0 aromatic heterocycles. The number of aliphatic imine (C=N–C) groups is 1. The molecule has 1 rings (SSSR count). The summed E-state index contributed by atoms with van der Waals surface area (Å²) in [5.41, 5.74) is 0. The normalized spacial score (nSPS) is 20.1. The van der Waals surface area contributed by atoms with E-state index in [4.69, 9.17) is 9.47 Å². The number of rotatable bonds is 10. The maximum atomic E-state index is 5.41. The average Bonchev–Trinajstić information content (AvgIpc) is 2.54. The number of hydrogen-bond donors (Lipinski definition) is 2. The second-order valence-corrected chi connectivity index (χ2v) is 5.77. The van der Waals surface area contributed by atoms with Gasteiger partial charge in [-0.1, -0.05) is 6.42 Å². The summed E-state index contributed by atoms with van der Waals surface area (Å²) in [6.07, 6.45) is 5.23. The van der Waals surface area contributed by atoms with Gasteiger partial charge in [-0.05, 0) is 32.7 Å². The van der Waals surface area contributed by atoms with E-state index in [-0.39, 0.29) is 0 Å². The molecule has 1 saturated heterocycles. The predicted octanol–water partition coefficient (Wildman–Crippen LogP) is 1.08. The lowest BCUT2D eigenvalue weighted by molar-refractivity contribution is 0.0733. The average molecular weight is 314 g/mol. The summed E-state index contributed by atoms with van der Waals surface area (Å²) < 4.78 is 10.3. The van der Waals surface area contributed by atoms with Crippen LogP contribution in [-0.4, -0.2) is 77.1 Å². The number of hydrogen-bond acceptors (Lipinski definition) is 4. The van der Waals surface area contributed by atoms with Crippen LogP contribution in [0.1, 0.15) is 32.6 Å². The fourth-order valence-electron chi connectivity index (χ4n) is 2.69. The zero-order chi connectivity index (χ0) is 16.0. The summed E-state index contributed by atoms with van der Waals surface area (Å²) in [5, 5.41) is 6.61. The van der Waals surface area contributed by atoms with Crippen molar-refractivity contribution in [2.75, 3.05) is 60.2 Å². The van der Waals surface area contributed by atoms with Gasteiger partial charge in [0.25, 0.3) is 0 Å². The Kier molecular flexibility index (Phi) is 11.1. The van der Waals surface area contributed by atoms with Crippen molar-refractivity contribution in [1.29, 1.82) is 0 Å². The van der Waals surface area contributed by atoms with Crippen LogP contribution in [0.3, 0.4) is 0 Å². The molecule has 1 aliphatic rings. The molecule has 0 saturated carbocycles. The molecule has 1 aliphatic heterocycles. The highest BCUT2D eigenvalue weighted by Crippen LogP contribution is 2.15. The van der Waals surface area contributed by atoms with Gasteiger partial charge in [0.15, 0.2) is 5.96 Å². The molecule has 0 amide bonds. The van der Waals surface area contributed by atoms with Gasteiger partial charge < -0.3 is 25.0 Å². The molecule has 2 N–H and O–H groups in total. The van der Waals surface area contributed by atoms with Crippen LogP contribution >= 0.6 is 0 Å². The van der Waals surface area contributed by atoms with Crippen LogP contribution in [0.5, 0.6) is 0 Å². The molecule has 0 aromatic rings. The number of likely N-dealkylation sites (tertiary alicyclic amines) is 1. The van der Waals surface area contributed by atoms with E-state index in [1.165, 1.54) is 32.4 Å². The first-order valence-corrected chi connectivity index (χ1v) is 8.53. The third kappa shape index (κ3) is 8.56. The highest BCUT2D eigenvalue weighted by atomic mass is 16.5. The topological polar surface area (TPSA) is 58.1 Å². The van der Waals surface area contributed by atoms with Gasteiger partial charge in [-0.3, -0.25) is 4.99 Å².